The maximum absolute atomic E-state index is 11.0. The molecule has 100 valence electrons. The highest BCUT2D eigenvalue weighted by Gasteiger charge is 2.30. The molecule has 0 radical (unpaired) electrons. The van der Waals surface area contributed by atoms with Gasteiger partial charge in [0.05, 0.1) is 0 Å². The fraction of sp³-hybridized carbons (Fsp3) is 0.923. The first-order chi connectivity index (χ1) is 8.25. The van der Waals surface area contributed by atoms with Crippen LogP contribution in [0.3, 0.4) is 0 Å². The van der Waals surface area contributed by atoms with E-state index in [1.54, 1.807) is 11.8 Å². The lowest BCUT2D eigenvalue weighted by molar-refractivity contribution is -0.141. The minimum absolute atomic E-state index is 0.236. The fourth-order valence-corrected chi connectivity index (χ4v) is 3.42. The molecular weight excluding hydrogens is 234 g/mol. The Hall–Kier alpha value is -0.220. The average Bonchev–Trinajstić information content (AvgIpc) is 2.76. The summed E-state index contributed by atoms with van der Waals surface area (Å²) in [6.07, 6.45) is 9.04. The Labute approximate surface area is 109 Å². The number of rotatable bonds is 9. The standard InChI is InChI=1S/C13H25NO2S/c1-2-3-4-5-6-7-8-9-14-11-17-10-12(14)13(15)16/h12H,2-11H2,1H3,(H,15,16)/t12-/m0/s1. The molecule has 1 atom stereocenters. The minimum atomic E-state index is -0.655. The summed E-state index contributed by atoms with van der Waals surface area (Å²) in [4.78, 5) is 13.1. The first kappa shape index (κ1) is 14.8. The van der Waals surface area contributed by atoms with Crippen LogP contribution in [0.4, 0.5) is 0 Å². The monoisotopic (exact) mass is 259 g/mol. The number of carboxylic acids is 1. The van der Waals surface area contributed by atoms with Crippen molar-refractivity contribution in [3.05, 3.63) is 0 Å². The summed E-state index contributed by atoms with van der Waals surface area (Å²) in [5, 5.41) is 9.03. The Kier molecular flexibility index (Phi) is 7.69. The Morgan fingerprint density at radius 3 is 2.53 bits per heavy atom. The maximum atomic E-state index is 11.0. The van der Waals surface area contributed by atoms with E-state index in [9.17, 15) is 4.79 Å². The quantitative estimate of drug-likeness (QED) is 0.646. The molecule has 17 heavy (non-hydrogen) atoms. The minimum Gasteiger partial charge on any atom is -0.480 e. The Bertz CT molecular complexity index is 223. The molecule has 3 nitrogen and oxygen atoms in total. The number of hydrogen-bond acceptors (Lipinski definition) is 3. The molecule has 4 heteroatoms. The number of nitrogens with zero attached hydrogens (tertiary/aromatic N) is 1. The van der Waals surface area contributed by atoms with Gasteiger partial charge in [0, 0.05) is 11.6 Å². The third-order valence-electron chi connectivity index (χ3n) is 3.31. The number of hydrogen-bond donors (Lipinski definition) is 1. The van der Waals surface area contributed by atoms with Crippen LogP contribution in [0, 0.1) is 0 Å². The van der Waals surface area contributed by atoms with E-state index in [1.165, 1.54) is 38.5 Å². The molecule has 0 aromatic carbocycles. The first-order valence-electron chi connectivity index (χ1n) is 6.80. The van der Waals surface area contributed by atoms with Crippen LogP contribution in [0.2, 0.25) is 0 Å². The molecule has 0 unspecified atom stereocenters. The third-order valence-corrected chi connectivity index (χ3v) is 4.37. The van der Waals surface area contributed by atoms with Gasteiger partial charge in [0.15, 0.2) is 0 Å². The number of carboxylic acid groups (broad SMARTS) is 1. The molecule has 1 saturated heterocycles. The molecule has 1 aliphatic rings. The molecule has 1 rings (SSSR count). The second-order valence-electron chi connectivity index (χ2n) is 4.79. The molecule has 1 N–H and O–H groups in total. The predicted octanol–water partition coefficient (Wildman–Crippen LogP) is 3.20. The van der Waals surface area contributed by atoms with Crippen LogP contribution in [0.1, 0.15) is 51.9 Å². The summed E-state index contributed by atoms with van der Waals surface area (Å²) in [6.45, 7) is 3.19. The van der Waals surface area contributed by atoms with Crippen molar-refractivity contribution in [2.75, 3.05) is 18.2 Å². The Morgan fingerprint density at radius 1 is 1.24 bits per heavy atom. The van der Waals surface area contributed by atoms with E-state index in [0.717, 1.165) is 24.6 Å². The van der Waals surface area contributed by atoms with Crippen LogP contribution in [0.5, 0.6) is 0 Å². The smallest absolute Gasteiger partial charge is 0.321 e. The van der Waals surface area contributed by atoms with Gasteiger partial charge in [0.25, 0.3) is 0 Å². The molecule has 1 heterocycles. The summed E-state index contributed by atoms with van der Waals surface area (Å²) < 4.78 is 0. The van der Waals surface area contributed by atoms with Gasteiger partial charge in [-0.2, -0.15) is 0 Å². The van der Waals surface area contributed by atoms with Crippen LogP contribution in [0.25, 0.3) is 0 Å². The van der Waals surface area contributed by atoms with Gasteiger partial charge in [-0.1, -0.05) is 45.4 Å². The van der Waals surface area contributed by atoms with Crippen molar-refractivity contribution < 1.29 is 9.90 Å². The second-order valence-corrected chi connectivity index (χ2v) is 5.79. The molecule has 0 amide bonds. The van der Waals surface area contributed by atoms with Crippen LogP contribution in [-0.2, 0) is 4.79 Å². The van der Waals surface area contributed by atoms with Crippen molar-refractivity contribution in [3.8, 4) is 0 Å². The third kappa shape index (κ3) is 5.77. The van der Waals surface area contributed by atoms with Crippen LogP contribution in [-0.4, -0.2) is 40.2 Å². The van der Waals surface area contributed by atoms with Gasteiger partial charge in [-0.05, 0) is 13.0 Å². The molecule has 0 aromatic rings. The van der Waals surface area contributed by atoms with Crippen LogP contribution < -0.4 is 0 Å². The van der Waals surface area contributed by atoms with Crippen molar-refractivity contribution >= 4 is 17.7 Å². The van der Waals surface area contributed by atoms with Crippen LogP contribution in [0.15, 0.2) is 0 Å². The average molecular weight is 259 g/mol. The zero-order chi connectivity index (χ0) is 12.5. The SMILES string of the molecule is CCCCCCCCCN1CSC[C@H]1C(=O)O. The van der Waals surface area contributed by atoms with Crippen molar-refractivity contribution in [3.63, 3.8) is 0 Å². The van der Waals surface area contributed by atoms with Gasteiger partial charge >= 0.3 is 5.97 Å². The van der Waals surface area contributed by atoms with Gasteiger partial charge < -0.3 is 5.11 Å². The lowest BCUT2D eigenvalue weighted by atomic mass is 10.1. The van der Waals surface area contributed by atoms with Crippen molar-refractivity contribution in [2.24, 2.45) is 0 Å². The molecule has 0 aromatic heterocycles. The van der Waals surface area contributed by atoms with Crippen molar-refractivity contribution in [2.45, 2.75) is 57.9 Å². The second kappa shape index (κ2) is 8.81. The highest BCUT2D eigenvalue weighted by atomic mass is 32.2. The van der Waals surface area contributed by atoms with Gasteiger partial charge in [-0.25, -0.2) is 0 Å². The largest absolute Gasteiger partial charge is 0.480 e. The van der Waals surface area contributed by atoms with E-state index in [1.807, 2.05) is 0 Å². The maximum Gasteiger partial charge on any atom is 0.321 e. The molecule has 1 fully saturated rings. The molecular formula is C13H25NO2S. The fourth-order valence-electron chi connectivity index (χ4n) is 2.20. The van der Waals surface area contributed by atoms with Gasteiger partial charge in [-0.15, -0.1) is 11.8 Å². The highest BCUT2D eigenvalue weighted by Crippen LogP contribution is 2.21. The van der Waals surface area contributed by atoms with Gasteiger partial charge in [0.1, 0.15) is 6.04 Å². The summed E-state index contributed by atoms with van der Waals surface area (Å²) in [5.74, 6) is 0.997. The van der Waals surface area contributed by atoms with E-state index in [-0.39, 0.29) is 6.04 Å². The molecule has 0 bridgehead atoms. The zero-order valence-corrected chi connectivity index (χ0v) is 11.7. The Morgan fingerprint density at radius 2 is 1.88 bits per heavy atom. The number of thioether (sulfide) groups is 1. The summed E-state index contributed by atoms with van der Waals surface area (Å²) in [7, 11) is 0. The summed E-state index contributed by atoms with van der Waals surface area (Å²) in [5.41, 5.74) is 0. The molecule has 0 saturated carbocycles. The first-order valence-corrected chi connectivity index (χ1v) is 7.95. The zero-order valence-electron chi connectivity index (χ0n) is 10.9. The molecule has 0 spiro atoms. The Balaban J connectivity index is 2.00. The number of unbranched alkanes of at least 4 members (excludes halogenated alkanes) is 6. The normalized spacial score (nSPS) is 20.9. The highest BCUT2D eigenvalue weighted by molar-refractivity contribution is 7.99. The summed E-state index contributed by atoms with van der Waals surface area (Å²) >= 11 is 1.74. The van der Waals surface area contributed by atoms with Crippen molar-refractivity contribution in [1.29, 1.82) is 0 Å². The van der Waals surface area contributed by atoms with Gasteiger partial charge in [0.2, 0.25) is 0 Å². The number of carbonyl (C=O) groups is 1. The van der Waals surface area contributed by atoms with Gasteiger partial charge in [-0.3, -0.25) is 9.69 Å². The van der Waals surface area contributed by atoms with Crippen LogP contribution >= 0.6 is 11.8 Å². The molecule has 1 aliphatic heterocycles. The predicted molar refractivity (Wildman–Crippen MR) is 73.4 cm³/mol. The van der Waals surface area contributed by atoms with E-state index in [2.05, 4.69) is 11.8 Å². The lowest BCUT2D eigenvalue weighted by Crippen LogP contribution is -2.38. The summed E-state index contributed by atoms with van der Waals surface area (Å²) in [6, 6.07) is -0.236. The van der Waals surface area contributed by atoms with E-state index >= 15 is 0 Å². The molecule has 0 aliphatic carbocycles. The van der Waals surface area contributed by atoms with E-state index in [0.29, 0.717) is 0 Å². The van der Waals surface area contributed by atoms with Crippen molar-refractivity contribution in [1.82, 2.24) is 4.90 Å². The number of aliphatic carboxylic acids is 1. The topological polar surface area (TPSA) is 40.5 Å². The lowest BCUT2D eigenvalue weighted by Gasteiger charge is -2.19. The van der Waals surface area contributed by atoms with E-state index < -0.39 is 5.97 Å². The van der Waals surface area contributed by atoms with E-state index in [4.69, 9.17) is 5.11 Å².